The van der Waals surface area contributed by atoms with Crippen molar-refractivity contribution in [3.8, 4) is 0 Å². The molecule has 1 aliphatic heterocycles. The maximum absolute atomic E-state index is 6.77. The fraction of sp³-hybridized carbons (Fsp3) is 1.00. The van der Waals surface area contributed by atoms with Crippen molar-refractivity contribution in [2.24, 2.45) is 0 Å². The Balaban J connectivity index is 2.47. The Morgan fingerprint density at radius 3 is 1.71 bits per heavy atom. The van der Waals surface area contributed by atoms with Crippen molar-refractivity contribution in [2.75, 3.05) is 26.2 Å². The first-order chi connectivity index (χ1) is 10.3. The zero-order chi connectivity index (χ0) is 15.4. The average molecular weight is 404 g/mol. The normalized spacial score (nSPS) is 16.7. The van der Waals surface area contributed by atoms with Gasteiger partial charge in [-0.25, -0.2) is 0 Å². The number of nitrogens with zero attached hydrogens (tertiary/aromatic N) is 1. The van der Waals surface area contributed by atoms with Crippen LogP contribution in [-0.2, 0) is 3.07 Å². The fourth-order valence-electron chi connectivity index (χ4n) is 3.49. The molecule has 0 aromatic heterocycles. The standard InChI is InChI=1S/C6H12NO.3C4H9.Sn/c8-6-5-7-3-1-2-4-7;3*1-3-4-2;/h1-6H2;3*1,3-4H2,2H3;/q-1;;;;+1. The van der Waals surface area contributed by atoms with Gasteiger partial charge in [0.1, 0.15) is 0 Å². The summed E-state index contributed by atoms with van der Waals surface area (Å²) in [6.07, 6.45) is 11.0. The molecule has 2 nitrogen and oxygen atoms in total. The van der Waals surface area contributed by atoms with Gasteiger partial charge in [0.05, 0.1) is 0 Å². The van der Waals surface area contributed by atoms with Crippen LogP contribution in [0.25, 0.3) is 0 Å². The van der Waals surface area contributed by atoms with Gasteiger partial charge in [0.25, 0.3) is 0 Å². The first kappa shape index (κ1) is 19.8. The third-order valence-corrected chi connectivity index (χ3v) is 18.1. The fourth-order valence-corrected chi connectivity index (χ4v) is 16.9. The van der Waals surface area contributed by atoms with E-state index in [1.807, 2.05) is 0 Å². The predicted octanol–water partition coefficient (Wildman–Crippen LogP) is 5.44. The van der Waals surface area contributed by atoms with Gasteiger partial charge in [0, 0.05) is 0 Å². The van der Waals surface area contributed by atoms with Gasteiger partial charge in [0.15, 0.2) is 0 Å². The van der Waals surface area contributed by atoms with Crippen LogP contribution in [-0.4, -0.2) is 49.9 Å². The first-order valence-corrected chi connectivity index (χ1v) is 16.8. The van der Waals surface area contributed by atoms with E-state index < -0.39 is 18.8 Å². The van der Waals surface area contributed by atoms with Crippen molar-refractivity contribution in [3.63, 3.8) is 0 Å². The van der Waals surface area contributed by atoms with E-state index in [0.717, 1.165) is 6.61 Å². The topological polar surface area (TPSA) is 12.5 Å². The quantitative estimate of drug-likeness (QED) is 0.379. The van der Waals surface area contributed by atoms with E-state index in [-0.39, 0.29) is 0 Å². The summed E-state index contributed by atoms with van der Waals surface area (Å²) in [5.41, 5.74) is 0. The Kier molecular flexibility index (Phi) is 11.5. The van der Waals surface area contributed by atoms with Crippen LogP contribution in [0.1, 0.15) is 72.1 Å². The van der Waals surface area contributed by atoms with Gasteiger partial charge < -0.3 is 0 Å². The molecule has 1 saturated heterocycles. The van der Waals surface area contributed by atoms with E-state index in [0.29, 0.717) is 0 Å². The Morgan fingerprint density at radius 1 is 0.810 bits per heavy atom. The monoisotopic (exact) mass is 405 g/mol. The summed E-state index contributed by atoms with van der Waals surface area (Å²) in [4.78, 5) is 2.61. The van der Waals surface area contributed by atoms with Crippen LogP contribution < -0.4 is 0 Å². The number of rotatable bonds is 13. The molecule has 0 bridgehead atoms. The number of likely N-dealkylation sites (tertiary alicyclic amines) is 1. The van der Waals surface area contributed by atoms with E-state index in [1.165, 1.54) is 84.3 Å². The molecule has 1 fully saturated rings. The van der Waals surface area contributed by atoms with Crippen molar-refractivity contribution in [2.45, 2.75) is 85.4 Å². The van der Waals surface area contributed by atoms with Crippen molar-refractivity contribution in [1.29, 1.82) is 0 Å². The summed E-state index contributed by atoms with van der Waals surface area (Å²) >= 11 is -2.30. The van der Waals surface area contributed by atoms with Gasteiger partial charge in [-0.15, -0.1) is 0 Å². The Bertz CT molecular complexity index is 220. The van der Waals surface area contributed by atoms with Gasteiger partial charge in [-0.3, -0.25) is 0 Å². The van der Waals surface area contributed by atoms with E-state index >= 15 is 0 Å². The van der Waals surface area contributed by atoms with Crippen LogP contribution in [0.15, 0.2) is 0 Å². The molecule has 1 heterocycles. The van der Waals surface area contributed by atoms with E-state index in [1.54, 1.807) is 0 Å². The molecule has 0 saturated carbocycles. The minimum atomic E-state index is -2.30. The Labute approximate surface area is 138 Å². The summed E-state index contributed by atoms with van der Waals surface area (Å²) in [6.45, 7) is 11.9. The molecule has 0 amide bonds. The molecule has 0 atom stereocenters. The van der Waals surface area contributed by atoms with Gasteiger partial charge in [-0.2, -0.15) is 0 Å². The molecule has 0 aliphatic carbocycles. The predicted molar refractivity (Wildman–Crippen MR) is 96.5 cm³/mol. The second-order valence-corrected chi connectivity index (χ2v) is 18.7. The van der Waals surface area contributed by atoms with Crippen LogP contribution >= 0.6 is 0 Å². The second-order valence-electron chi connectivity index (χ2n) is 6.89. The molecule has 0 radical (unpaired) electrons. The third kappa shape index (κ3) is 8.22. The second kappa shape index (κ2) is 12.2. The molecule has 21 heavy (non-hydrogen) atoms. The Morgan fingerprint density at radius 2 is 1.29 bits per heavy atom. The molecule has 0 spiro atoms. The number of hydrogen-bond donors (Lipinski definition) is 0. The van der Waals surface area contributed by atoms with Gasteiger partial charge in [-0.1, -0.05) is 0 Å². The van der Waals surface area contributed by atoms with E-state index in [2.05, 4.69) is 25.7 Å². The van der Waals surface area contributed by atoms with Gasteiger partial charge in [0.2, 0.25) is 0 Å². The van der Waals surface area contributed by atoms with Crippen LogP contribution in [0.2, 0.25) is 13.3 Å². The molecule has 0 aromatic rings. The van der Waals surface area contributed by atoms with Crippen molar-refractivity contribution in [3.05, 3.63) is 0 Å². The molecular formula is C18H39NOSn. The summed E-state index contributed by atoms with van der Waals surface area (Å²) in [5, 5.41) is 0. The van der Waals surface area contributed by atoms with Crippen molar-refractivity contribution >= 4 is 18.8 Å². The van der Waals surface area contributed by atoms with Crippen LogP contribution in [0.4, 0.5) is 0 Å². The summed E-state index contributed by atoms with van der Waals surface area (Å²) in [6, 6.07) is 0. The summed E-state index contributed by atoms with van der Waals surface area (Å²) in [5.74, 6) is 0. The average Bonchev–Trinajstić information content (AvgIpc) is 3.01. The van der Waals surface area contributed by atoms with E-state index in [4.69, 9.17) is 3.07 Å². The van der Waals surface area contributed by atoms with Crippen molar-refractivity contribution < 1.29 is 3.07 Å². The van der Waals surface area contributed by atoms with Gasteiger partial charge in [-0.05, 0) is 0 Å². The molecule has 1 rings (SSSR count). The molecular weight excluding hydrogens is 365 g/mol. The van der Waals surface area contributed by atoms with Crippen LogP contribution in [0, 0.1) is 0 Å². The van der Waals surface area contributed by atoms with E-state index in [9.17, 15) is 0 Å². The molecule has 3 heteroatoms. The molecule has 126 valence electrons. The van der Waals surface area contributed by atoms with Crippen LogP contribution in [0.3, 0.4) is 0 Å². The summed E-state index contributed by atoms with van der Waals surface area (Å²) in [7, 11) is 0. The summed E-state index contributed by atoms with van der Waals surface area (Å²) < 4.78 is 11.2. The SMILES string of the molecule is CCC[CH2][Sn]([CH2]CCC)([CH2]CCC)[O]CCN1CCCC1. The molecule has 0 unspecified atom stereocenters. The zero-order valence-corrected chi connectivity index (χ0v) is 17.8. The van der Waals surface area contributed by atoms with Crippen molar-refractivity contribution in [1.82, 2.24) is 4.90 Å². The number of unbranched alkanes of at least 4 members (excludes halogenated alkanes) is 3. The minimum absolute atomic E-state index is 1.03. The number of hydrogen-bond acceptors (Lipinski definition) is 2. The third-order valence-electron chi connectivity index (χ3n) is 4.97. The zero-order valence-electron chi connectivity index (χ0n) is 15.0. The molecule has 0 aromatic carbocycles. The Hall–Kier alpha value is 0.719. The molecule has 1 aliphatic rings. The van der Waals surface area contributed by atoms with Gasteiger partial charge >= 0.3 is 138 Å². The first-order valence-electron chi connectivity index (χ1n) is 9.62. The molecule has 0 N–H and O–H groups in total. The maximum atomic E-state index is 6.77. The van der Waals surface area contributed by atoms with Crippen LogP contribution in [0.5, 0.6) is 0 Å².